The van der Waals surface area contributed by atoms with Gasteiger partial charge in [0, 0.05) is 24.9 Å². The van der Waals surface area contributed by atoms with Gasteiger partial charge in [-0.3, -0.25) is 4.79 Å². The van der Waals surface area contributed by atoms with E-state index in [1.807, 2.05) is 4.57 Å². The Balaban J connectivity index is 2.08. The van der Waals surface area contributed by atoms with Crippen LogP contribution in [0.2, 0.25) is 0 Å². The summed E-state index contributed by atoms with van der Waals surface area (Å²) in [6.45, 7) is 0.307. The quantitative estimate of drug-likeness (QED) is 0.717. The van der Waals surface area contributed by atoms with Gasteiger partial charge in [0.2, 0.25) is 0 Å². The molecule has 2 rings (SSSR count). The van der Waals surface area contributed by atoms with Crippen LogP contribution in [0.3, 0.4) is 0 Å². The van der Waals surface area contributed by atoms with Crippen molar-refractivity contribution >= 4 is 5.97 Å². The number of hydrogen-bond acceptors (Lipinski definition) is 3. The van der Waals surface area contributed by atoms with E-state index in [0.717, 1.165) is 18.7 Å². The Morgan fingerprint density at radius 3 is 3.07 bits per heavy atom. The summed E-state index contributed by atoms with van der Waals surface area (Å²) in [6, 6.07) is -0.846. The van der Waals surface area contributed by atoms with Crippen molar-refractivity contribution in [3.63, 3.8) is 0 Å². The lowest BCUT2D eigenvalue weighted by atomic mass is 10.3. The van der Waals surface area contributed by atoms with Crippen molar-refractivity contribution in [2.24, 2.45) is 5.73 Å². The lowest BCUT2D eigenvalue weighted by Crippen LogP contribution is -2.34. The first-order valence-electron chi connectivity index (χ1n) is 4.68. The first-order chi connectivity index (χ1) is 6.68. The van der Waals surface area contributed by atoms with Gasteiger partial charge in [-0.15, -0.1) is 0 Å². The second-order valence-corrected chi connectivity index (χ2v) is 3.66. The fourth-order valence-electron chi connectivity index (χ4n) is 1.47. The third kappa shape index (κ3) is 1.77. The van der Waals surface area contributed by atoms with Gasteiger partial charge in [0.05, 0.1) is 0 Å². The average molecular weight is 195 g/mol. The molecule has 1 aliphatic carbocycles. The highest BCUT2D eigenvalue weighted by Crippen LogP contribution is 2.38. The molecule has 0 aromatic carbocycles. The molecule has 1 saturated carbocycles. The van der Waals surface area contributed by atoms with Crippen LogP contribution in [0.15, 0.2) is 12.4 Å². The molecule has 5 heteroatoms. The van der Waals surface area contributed by atoms with Gasteiger partial charge in [0.15, 0.2) is 0 Å². The van der Waals surface area contributed by atoms with Crippen molar-refractivity contribution in [1.29, 1.82) is 0 Å². The van der Waals surface area contributed by atoms with Crippen LogP contribution in [0.25, 0.3) is 0 Å². The van der Waals surface area contributed by atoms with E-state index in [-0.39, 0.29) is 0 Å². The number of nitrogens with two attached hydrogens (primary N) is 1. The van der Waals surface area contributed by atoms with E-state index in [0.29, 0.717) is 12.5 Å². The second-order valence-electron chi connectivity index (χ2n) is 3.66. The number of imidazole rings is 1. The lowest BCUT2D eigenvalue weighted by Gasteiger charge is -2.09. The van der Waals surface area contributed by atoms with Gasteiger partial charge in [-0.25, -0.2) is 4.98 Å². The van der Waals surface area contributed by atoms with Gasteiger partial charge in [0.1, 0.15) is 11.9 Å². The van der Waals surface area contributed by atoms with Crippen LogP contribution >= 0.6 is 0 Å². The molecule has 0 amide bonds. The Hall–Kier alpha value is -1.36. The molecule has 1 unspecified atom stereocenters. The summed E-state index contributed by atoms with van der Waals surface area (Å²) in [5, 5.41) is 8.67. The highest BCUT2D eigenvalue weighted by atomic mass is 16.4. The van der Waals surface area contributed by atoms with Crippen molar-refractivity contribution in [3.8, 4) is 0 Å². The zero-order valence-electron chi connectivity index (χ0n) is 7.76. The van der Waals surface area contributed by atoms with Gasteiger partial charge in [-0.2, -0.15) is 0 Å². The van der Waals surface area contributed by atoms with Gasteiger partial charge >= 0.3 is 5.97 Å². The van der Waals surface area contributed by atoms with Crippen LogP contribution in [0.5, 0.6) is 0 Å². The Bertz CT molecular complexity index is 344. The van der Waals surface area contributed by atoms with Gasteiger partial charge in [-0.05, 0) is 12.8 Å². The number of carboxylic acid groups (broad SMARTS) is 1. The van der Waals surface area contributed by atoms with Crippen LogP contribution in [-0.2, 0) is 11.3 Å². The maximum atomic E-state index is 10.6. The molecule has 0 spiro atoms. The monoisotopic (exact) mass is 195 g/mol. The minimum absolute atomic E-state index is 0.307. The molecule has 1 aromatic heterocycles. The topological polar surface area (TPSA) is 81.1 Å². The SMILES string of the molecule is NC(Cn1ccnc1C1CC1)C(=O)O. The molecule has 0 bridgehead atoms. The molecular formula is C9H13N3O2. The molecule has 1 aromatic rings. The Kier molecular flexibility index (Phi) is 2.25. The average Bonchev–Trinajstić information content (AvgIpc) is 2.88. The molecule has 0 radical (unpaired) electrons. The number of hydrogen-bond donors (Lipinski definition) is 2. The lowest BCUT2D eigenvalue weighted by molar-refractivity contribution is -0.138. The standard InChI is InChI=1S/C9H13N3O2/c10-7(9(13)14)5-12-4-3-11-8(12)6-1-2-6/h3-4,6-7H,1-2,5,10H2,(H,13,14). The van der Waals surface area contributed by atoms with Crippen molar-refractivity contribution in [2.75, 3.05) is 0 Å². The molecule has 1 heterocycles. The van der Waals surface area contributed by atoms with Gasteiger partial charge in [0.25, 0.3) is 0 Å². The van der Waals surface area contributed by atoms with Crippen LogP contribution in [0.1, 0.15) is 24.6 Å². The van der Waals surface area contributed by atoms with E-state index in [1.165, 1.54) is 0 Å². The van der Waals surface area contributed by atoms with E-state index in [9.17, 15) is 4.79 Å². The molecule has 1 aliphatic rings. The summed E-state index contributed by atoms with van der Waals surface area (Å²) in [5.41, 5.74) is 5.45. The Morgan fingerprint density at radius 2 is 2.50 bits per heavy atom. The molecule has 1 atom stereocenters. The van der Waals surface area contributed by atoms with E-state index in [2.05, 4.69) is 4.98 Å². The number of carbonyl (C=O) groups is 1. The van der Waals surface area contributed by atoms with Gasteiger partial charge < -0.3 is 15.4 Å². The summed E-state index contributed by atoms with van der Waals surface area (Å²) in [4.78, 5) is 14.8. The number of rotatable bonds is 4. The van der Waals surface area contributed by atoms with Crippen LogP contribution in [-0.4, -0.2) is 26.7 Å². The van der Waals surface area contributed by atoms with E-state index in [4.69, 9.17) is 10.8 Å². The molecule has 14 heavy (non-hydrogen) atoms. The fourth-order valence-corrected chi connectivity index (χ4v) is 1.47. The first kappa shape index (κ1) is 9.21. The van der Waals surface area contributed by atoms with Crippen LogP contribution < -0.4 is 5.73 Å². The number of nitrogens with zero attached hydrogens (tertiary/aromatic N) is 2. The van der Waals surface area contributed by atoms with Crippen LogP contribution in [0.4, 0.5) is 0 Å². The van der Waals surface area contributed by atoms with Gasteiger partial charge in [-0.1, -0.05) is 0 Å². The largest absolute Gasteiger partial charge is 0.480 e. The van der Waals surface area contributed by atoms with Crippen molar-refractivity contribution in [1.82, 2.24) is 9.55 Å². The number of aromatic nitrogens is 2. The Morgan fingerprint density at radius 1 is 1.79 bits per heavy atom. The summed E-state index contributed by atoms with van der Waals surface area (Å²) in [6.07, 6.45) is 5.79. The van der Waals surface area contributed by atoms with E-state index < -0.39 is 12.0 Å². The highest BCUT2D eigenvalue weighted by molar-refractivity contribution is 5.72. The zero-order chi connectivity index (χ0) is 10.1. The number of aliphatic carboxylic acids is 1. The molecule has 0 saturated heterocycles. The first-order valence-corrected chi connectivity index (χ1v) is 4.68. The molecule has 0 aliphatic heterocycles. The molecule has 3 N–H and O–H groups in total. The third-order valence-electron chi connectivity index (χ3n) is 2.40. The summed E-state index contributed by atoms with van der Waals surface area (Å²) in [7, 11) is 0. The smallest absolute Gasteiger partial charge is 0.322 e. The highest BCUT2D eigenvalue weighted by Gasteiger charge is 2.28. The molecule has 5 nitrogen and oxygen atoms in total. The summed E-state index contributed by atoms with van der Waals surface area (Å²) >= 11 is 0. The Labute approximate surface area is 81.5 Å². The zero-order valence-corrected chi connectivity index (χ0v) is 7.76. The molecular weight excluding hydrogens is 182 g/mol. The second kappa shape index (κ2) is 3.42. The fraction of sp³-hybridized carbons (Fsp3) is 0.556. The normalized spacial score (nSPS) is 18.1. The predicted octanol–water partition coefficient (Wildman–Crippen LogP) is 0.172. The minimum Gasteiger partial charge on any atom is -0.480 e. The van der Waals surface area contributed by atoms with E-state index in [1.54, 1.807) is 12.4 Å². The summed E-state index contributed by atoms with van der Waals surface area (Å²) < 4.78 is 1.84. The summed E-state index contributed by atoms with van der Waals surface area (Å²) in [5.74, 6) is 0.521. The maximum absolute atomic E-state index is 10.6. The van der Waals surface area contributed by atoms with Crippen molar-refractivity contribution < 1.29 is 9.90 Å². The maximum Gasteiger partial charge on any atom is 0.322 e. The van der Waals surface area contributed by atoms with Crippen molar-refractivity contribution in [3.05, 3.63) is 18.2 Å². The van der Waals surface area contributed by atoms with Crippen LogP contribution in [0, 0.1) is 0 Å². The third-order valence-corrected chi connectivity index (χ3v) is 2.40. The number of carboxylic acids is 1. The minimum atomic E-state index is -0.972. The molecule has 1 fully saturated rings. The van der Waals surface area contributed by atoms with E-state index >= 15 is 0 Å². The molecule has 76 valence electrons. The van der Waals surface area contributed by atoms with Crippen molar-refractivity contribution in [2.45, 2.75) is 31.3 Å². The predicted molar refractivity (Wildman–Crippen MR) is 49.8 cm³/mol.